The minimum absolute atomic E-state index is 0.0926. The molecule has 7 heteroatoms. The molecular formula is C4H21N7. The van der Waals surface area contributed by atoms with Crippen molar-refractivity contribution in [2.75, 3.05) is 21.1 Å². The first-order chi connectivity index (χ1) is 5.27. The number of hydrogen-bond donors (Lipinski definition) is 6. The van der Waals surface area contributed by atoms with Gasteiger partial charge < -0.3 is 34.5 Å². The predicted molar refractivity (Wildman–Crippen MR) is 50.3 cm³/mol. The van der Waals surface area contributed by atoms with E-state index >= 15 is 0 Å². The van der Waals surface area contributed by atoms with Crippen LogP contribution in [0.1, 0.15) is 0 Å². The number of hydrazone groups is 1. The van der Waals surface area contributed by atoms with Crippen molar-refractivity contribution in [2.45, 2.75) is 0 Å². The van der Waals surface area contributed by atoms with Gasteiger partial charge in [0.25, 0.3) is 0 Å². The van der Waals surface area contributed by atoms with Crippen LogP contribution >= 0.6 is 0 Å². The molecule has 72 valence electrons. The van der Waals surface area contributed by atoms with Crippen LogP contribution in [0, 0.1) is 0 Å². The molecule has 0 aliphatic rings. The van der Waals surface area contributed by atoms with Gasteiger partial charge in [0.1, 0.15) is 0 Å². The zero-order valence-corrected chi connectivity index (χ0v) is 7.41. The molecule has 0 heterocycles. The summed E-state index contributed by atoms with van der Waals surface area (Å²) in [5.74, 6) is 4.42. The van der Waals surface area contributed by atoms with Crippen molar-refractivity contribution in [1.82, 2.24) is 0 Å². The first kappa shape index (κ1) is 22.5. The van der Waals surface area contributed by atoms with Crippen LogP contribution in [-0.4, -0.2) is 27.1 Å². The van der Waals surface area contributed by atoms with Gasteiger partial charge in [-0.15, -0.1) is 5.10 Å². The molecule has 0 rings (SSSR count). The molecule has 0 radical (unpaired) electrons. The SMILES string of the molecule is CN.CN.CN.NN=C(N)N. The lowest BCUT2D eigenvalue weighted by atomic mass is 11.1. The third kappa shape index (κ3) is 479. The molecule has 0 saturated carbocycles. The largest absolute Gasteiger partial charge is 0.369 e. The number of hydrogen-bond acceptors (Lipinski definition) is 5. The van der Waals surface area contributed by atoms with E-state index in [1.807, 2.05) is 0 Å². The molecule has 0 atom stereocenters. The normalized spacial score (nSPS) is 4.55. The summed E-state index contributed by atoms with van der Waals surface area (Å²) in [6, 6.07) is 0. The van der Waals surface area contributed by atoms with Crippen molar-refractivity contribution in [2.24, 2.45) is 39.6 Å². The zero-order chi connectivity index (χ0) is 10.3. The summed E-state index contributed by atoms with van der Waals surface area (Å²) in [5.41, 5.74) is 22.9. The van der Waals surface area contributed by atoms with E-state index in [0.717, 1.165) is 0 Å². The first-order valence-corrected chi connectivity index (χ1v) is 2.79. The lowest BCUT2D eigenvalue weighted by Crippen LogP contribution is -2.23. The summed E-state index contributed by atoms with van der Waals surface area (Å²) in [5, 5.41) is 2.86. The predicted octanol–water partition coefficient (Wildman–Crippen LogP) is -3.14. The van der Waals surface area contributed by atoms with E-state index in [2.05, 4.69) is 28.1 Å². The van der Waals surface area contributed by atoms with E-state index in [9.17, 15) is 0 Å². The van der Waals surface area contributed by atoms with Crippen molar-refractivity contribution in [3.8, 4) is 0 Å². The highest BCUT2D eigenvalue weighted by atomic mass is 15.2. The maximum atomic E-state index is 4.69. The standard InChI is InChI=1S/CH6N4.3CH5N/c2-1(3)5-4;3*1-2/h4H2,(H4,2,3,5);3*2H2,1H3. The zero-order valence-electron chi connectivity index (χ0n) is 7.41. The van der Waals surface area contributed by atoms with E-state index in [-0.39, 0.29) is 5.96 Å². The van der Waals surface area contributed by atoms with Gasteiger partial charge in [0.2, 0.25) is 5.96 Å². The van der Waals surface area contributed by atoms with Crippen LogP contribution in [0.15, 0.2) is 5.10 Å². The second-order valence-electron chi connectivity index (χ2n) is 0.554. The highest BCUT2D eigenvalue weighted by Crippen LogP contribution is 1.31. The van der Waals surface area contributed by atoms with E-state index in [1.54, 1.807) is 0 Å². The van der Waals surface area contributed by atoms with Crippen LogP contribution in [0.2, 0.25) is 0 Å². The Morgan fingerprint density at radius 1 is 0.818 bits per heavy atom. The molecule has 0 fully saturated rings. The maximum Gasteiger partial charge on any atom is 0.208 e. The van der Waals surface area contributed by atoms with Crippen molar-refractivity contribution < 1.29 is 0 Å². The summed E-state index contributed by atoms with van der Waals surface area (Å²) in [4.78, 5) is 0. The number of guanidine groups is 1. The lowest BCUT2D eigenvalue weighted by molar-refractivity contribution is 1.21. The van der Waals surface area contributed by atoms with Gasteiger partial charge in [0, 0.05) is 0 Å². The monoisotopic (exact) mass is 167 g/mol. The molecule has 0 saturated heterocycles. The summed E-state index contributed by atoms with van der Waals surface area (Å²) in [7, 11) is 4.50. The fraction of sp³-hybridized carbons (Fsp3) is 0.750. The van der Waals surface area contributed by atoms with Crippen LogP contribution in [0.25, 0.3) is 0 Å². The lowest BCUT2D eigenvalue weighted by Gasteiger charge is -1.76. The Morgan fingerprint density at radius 2 is 0.909 bits per heavy atom. The van der Waals surface area contributed by atoms with Gasteiger partial charge in [0.15, 0.2) is 0 Å². The Kier molecular flexibility index (Phi) is 133. The first-order valence-electron chi connectivity index (χ1n) is 2.79. The summed E-state index contributed by atoms with van der Waals surface area (Å²) in [6.07, 6.45) is 0. The third-order valence-corrected chi connectivity index (χ3v) is 0.149. The van der Waals surface area contributed by atoms with Crippen molar-refractivity contribution in [3.63, 3.8) is 0 Å². The molecule has 0 aliphatic heterocycles. The molecule has 0 spiro atoms. The average Bonchev–Trinajstić information content (AvgIpc) is 2.15. The highest BCUT2D eigenvalue weighted by Gasteiger charge is 1.62. The fourth-order valence-corrected chi connectivity index (χ4v) is 0. The summed E-state index contributed by atoms with van der Waals surface area (Å²) >= 11 is 0. The van der Waals surface area contributed by atoms with E-state index < -0.39 is 0 Å². The molecule has 0 aromatic carbocycles. The molecule has 7 nitrogen and oxygen atoms in total. The van der Waals surface area contributed by atoms with Crippen LogP contribution < -0.4 is 34.5 Å². The number of rotatable bonds is 0. The van der Waals surface area contributed by atoms with Crippen molar-refractivity contribution in [3.05, 3.63) is 0 Å². The third-order valence-electron chi connectivity index (χ3n) is 0.149. The van der Waals surface area contributed by atoms with Crippen molar-refractivity contribution >= 4 is 5.96 Å². The second-order valence-corrected chi connectivity index (χ2v) is 0.554. The smallest absolute Gasteiger partial charge is 0.208 e. The van der Waals surface area contributed by atoms with E-state index in [4.69, 9.17) is 11.5 Å². The average molecular weight is 167 g/mol. The van der Waals surface area contributed by atoms with Crippen LogP contribution in [-0.2, 0) is 0 Å². The van der Waals surface area contributed by atoms with Gasteiger partial charge in [-0.3, -0.25) is 0 Å². The number of nitrogens with zero attached hydrogens (tertiary/aromatic N) is 1. The molecule has 0 aliphatic carbocycles. The molecule has 0 bridgehead atoms. The second kappa shape index (κ2) is 65.0. The topological polar surface area (TPSA) is 168 Å². The van der Waals surface area contributed by atoms with Crippen LogP contribution in [0.5, 0.6) is 0 Å². The van der Waals surface area contributed by atoms with E-state index in [0.29, 0.717) is 0 Å². The van der Waals surface area contributed by atoms with Gasteiger partial charge in [0.05, 0.1) is 0 Å². The molecule has 0 aromatic heterocycles. The Morgan fingerprint density at radius 3 is 0.909 bits per heavy atom. The van der Waals surface area contributed by atoms with Gasteiger partial charge in [-0.05, 0) is 21.1 Å². The molecule has 11 heavy (non-hydrogen) atoms. The quantitative estimate of drug-likeness (QED) is 0.0963. The Labute approximate surface area is 67.8 Å². The minimum Gasteiger partial charge on any atom is -0.369 e. The fourth-order valence-electron chi connectivity index (χ4n) is 0. The Balaban J connectivity index is -0.0000000350. The van der Waals surface area contributed by atoms with Gasteiger partial charge >= 0.3 is 0 Å². The maximum absolute atomic E-state index is 4.69. The van der Waals surface area contributed by atoms with E-state index in [1.165, 1.54) is 21.1 Å². The van der Waals surface area contributed by atoms with Crippen LogP contribution in [0.4, 0.5) is 0 Å². The van der Waals surface area contributed by atoms with Gasteiger partial charge in [-0.25, -0.2) is 0 Å². The Hall–Kier alpha value is -1.05. The minimum atomic E-state index is -0.0926. The van der Waals surface area contributed by atoms with Crippen LogP contribution in [0.3, 0.4) is 0 Å². The molecule has 0 aromatic rings. The molecule has 0 amide bonds. The van der Waals surface area contributed by atoms with Crippen molar-refractivity contribution in [1.29, 1.82) is 0 Å². The van der Waals surface area contributed by atoms with Gasteiger partial charge in [-0.1, -0.05) is 0 Å². The molecule has 0 unspecified atom stereocenters. The number of nitrogens with two attached hydrogens (primary N) is 6. The molecular weight excluding hydrogens is 146 g/mol. The molecule has 12 N–H and O–H groups in total. The van der Waals surface area contributed by atoms with Gasteiger partial charge in [-0.2, -0.15) is 0 Å². The highest BCUT2D eigenvalue weighted by molar-refractivity contribution is 5.75. The summed E-state index contributed by atoms with van der Waals surface area (Å²) in [6.45, 7) is 0. The Bertz CT molecular complexity index is 48.4. The summed E-state index contributed by atoms with van der Waals surface area (Å²) < 4.78 is 0.